The average molecular weight is 316 g/mol. The summed E-state index contributed by atoms with van der Waals surface area (Å²) in [6, 6.07) is 11.2. The lowest BCUT2D eigenvalue weighted by molar-refractivity contribution is -0.136. The van der Waals surface area contributed by atoms with Gasteiger partial charge < -0.3 is 15.7 Å². The minimum Gasteiger partial charge on any atom is -0.392 e. The van der Waals surface area contributed by atoms with Crippen molar-refractivity contribution in [2.75, 3.05) is 5.32 Å². The van der Waals surface area contributed by atoms with Crippen LogP contribution in [0.25, 0.3) is 0 Å². The summed E-state index contributed by atoms with van der Waals surface area (Å²) in [4.78, 5) is 23.6. The van der Waals surface area contributed by atoms with Gasteiger partial charge in [0.15, 0.2) is 0 Å². The summed E-state index contributed by atoms with van der Waals surface area (Å²) in [5.74, 6) is -2.43. The second kappa shape index (κ2) is 7.51. The van der Waals surface area contributed by atoms with Crippen LogP contribution in [0.4, 0.5) is 10.1 Å². The average Bonchev–Trinajstić information content (AvgIpc) is 2.56. The van der Waals surface area contributed by atoms with Crippen LogP contribution in [0.1, 0.15) is 16.7 Å². The fourth-order valence-electron chi connectivity index (χ4n) is 2.05. The Morgan fingerprint density at radius 1 is 1.09 bits per heavy atom. The van der Waals surface area contributed by atoms with Crippen molar-refractivity contribution in [3.05, 3.63) is 65.0 Å². The molecule has 0 radical (unpaired) electrons. The van der Waals surface area contributed by atoms with E-state index < -0.39 is 17.6 Å². The van der Waals surface area contributed by atoms with Crippen molar-refractivity contribution in [3.63, 3.8) is 0 Å². The number of carbonyl (C=O) groups is 2. The van der Waals surface area contributed by atoms with E-state index >= 15 is 0 Å². The van der Waals surface area contributed by atoms with Gasteiger partial charge in [0, 0.05) is 6.54 Å². The zero-order valence-corrected chi connectivity index (χ0v) is 12.6. The zero-order chi connectivity index (χ0) is 16.8. The van der Waals surface area contributed by atoms with Crippen LogP contribution in [0, 0.1) is 12.7 Å². The largest absolute Gasteiger partial charge is 0.392 e. The number of anilines is 1. The van der Waals surface area contributed by atoms with Crippen LogP contribution in [0.5, 0.6) is 0 Å². The zero-order valence-electron chi connectivity index (χ0n) is 12.6. The van der Waals surface area contributed by atoms with Crippen molar-refractivity contribution in [1.29, 1.82) is 0 Å². The molecule has 0 aliphatic heterocycles. The van der Waals surface area contributed by atoms with Crippen LogP contribution in [-0.2, 0) is 22.7 Å². The predicted molar refractivity (Wildman–Crippen MR) is 84.0 cm³/mol. The molecule has 0 aromatic heterocycles. The molecule has 0 spiro atoms. The summed E-state index contributed by atoms with van der Waals surface area (Å²) in [7, 11) is 0. The standard InChI is InChI=1S/C17H17FN2O3/c1-11-6-7-14(18)15(8-11)20-17(23)16(22)19-9-12-4-2-3-5-13(12)10-21/h2-8,21H,9-10H2,1H3,(H,19,22)(H,20,23). The first kappa shape index (κ1) is 16.6. The third-order valence-corrected chi connectivity index (χ3v) is 3.30. The molecule has 6 heteroatoms. The maximum absolute atomic E-state index is 13.6. The molecule has 23 heavy (non-hydrogen) atoms. The van der Waals surface area contributed by atoms with E-state index in [1.54, 1.807) is 37.3 Å². The number of amides is 2. The Balaban J connectivity index is 1.98. The monoisotopic (exact) mass is 316 g/mol. The van der Waals surface area contributed by atoms with Crippen LogP contribution in [0.3, 0.4) is 0 Å². The molecule has 2 rings (SSSR count). The molecule has 0 aliphatic carbocycles. The van der Waals surface area contributed by atoms with Gasteiger partial charge in [-0.2, -0.15) is 0 Å². The molecular weight excluding hydrogens is 299 g/mol. The Morgan fingerprint density at radius 3 is 2.48 bits per heavy atom. The minimum atomic E-state index is -0.948. The van der Waals surface area contributed by atoms with Crippen LogP contribution in [-0.4, -0.2) is 16.9 Å². The van der Waals surface area contributed by atoms with Gasteiger partial charge in [-0.25, -0.2) is 4.39 Å². The maximum Gasteiger partial charge on any atom is 0.313 e. The van der Waals surface area contributed by atoms with E-state index in [0.29, 0.717) is 11.1 Å². The summed E-state index contributed by atoms with van der Waals surface area (Å²) < 4.78 is 13.6. The molecule has 2 aromatic rings. The van der Waals surface area contributed by atoms with Crippen LogP contribution < -0.4 is 10.6 Å². The first-order valence-electron chi connectivity index (χ1n) is 7.04. The van der Waals surface area contributed by atoms with Gasteiger partial charge in [-0.15, -0.1) is 0 Å². The summed E-state index contributed by atoms with van der Waals surface area (Å²) in [6.07, 6.45) is 0. The Bertz CT molecular complexity index is 732. The van der Waals surface area contributed by atoms with Crippen molar-refractivity contribution in [3.8, 4) is 0 Å². The molecule has 0 aliphatic rings. The topological polar surface area (TPSA) is 78.4 Å². The van der Waals surface area contributed by atoms with Gasteiger partial charge in [0.05, 0.1) is 12.3 Å². The van der Waals surface area contributed by atoms with E-state index in [-0.39, 0.29) is 18.8 Å². The smallest absolute Gasteiger partial charge is 0.313 e. The van der Waals surface area contributed by atoms with E-state index in [9.17, 15) is 19.1 Å². The van der Waals surface area contributed by atoms with Gasteiger partial charge in [-0.3, -0.25) is 9.59 Å². The third-order valence-electron chi connectivity index (χ3n) is 3.30. The number of carbonyl (C=O) groups excluding carboxylic acids is 2. The Kier molecular flexibility index (Phi) is 5.43. The first-order valence-corrected chi connectivity index (χ1v) is 7.04. The molecule has 0 bridgehead atoms. The van der Waals surface area contributed by atoms with Crippen LogP contribution >= 0.6 is 0 Å². The van der Waals surface area contributed by atoms with Crippen LogP contribution in [0.15, 0.2) is 42.5 Å². The molecule has 5 nitrogen and oxygen atoms in total. The van der Waals surface area contributed by atoms with E-state index in [2.05, 4.69) is 10.6 Å². The molecule has 3 N–H and O–H groups in total. The highest BCUT2D eigenvalue weighted by Crippen LogP contribution is 2.15. The van der Waals surface area contributed by atoms with Gasteiger partial charge in [0.2, 0.25) is 0 Å². The molecule has 2 aromatic carbocycles. The second-order valence-electron chi connectivity index (χ2n) is 5.05. The lowest BCUT2D eigenvalue weighted by atomic mass is 10.1. The summed E-state index contributed by atoms with van der Waals surface area (Å²) >= 11 is 0. The summed E-state index contributed by atoms with van der Waals surface area (Å²) in [5, 5.41) is 13.9. The molecular formula is C17H17FN2O3. The summed E-state index contributed by atoms with van der Waals surface area (Å²) in [6.45, 7) is 1.69. The molecule has 0 fully saturated rings. The number of aliphatic hydroxyl groups is 1. The predicted octanol–water partition coefficient (Wildman–Crippen LogP) is 1.88. The van der Waals surface area contributed by atoms with Crippen molar-refractivity contribution in [1.82, 2.24) is 5.32 Å². The lowest BCUT2D eigenvalue weighted by Crippen LogP contribution is -2.35. The summed E-state index contributed by atoms with van der Waals surface area (Å²) in [5.41, 5.74) is 2.09. The van der Waals surface area contributed by atoms with E-state index in [0.717, 1.165) is 5.56 Å². The molecule has 120 valence electrons. The molecule has 2 amide bonds. The number of aryl methyl sites for hydroxylation is 1. The molecule has 0 saturated heterocycles. The fourth-order valence-corrected chi connectivity index (χ4v) is 2.05. The SMILES string of the molecule is Cc1ccc(F)c(NC(=O)C(=O)NCc2ccccc2CO)c1. The van der Waals surface area contributed by atoms with Gasteiger partial charge in [-0.05, 0) is 35.7 Å². The number of hydrogen-bond acceptors (Lipinski definition) is 3. The number of halogens is 1. The highest BCUT2D eigenvalue weighted by molar-refractivity contribution is 6.39. The highest BCUT2D eigenvalue weighted by Gasteiger charge is 2.15. The maximum atomic E-state index is 13.6. The van der Waals surface area contributed by atoms with Crippen LogP contribution in [0.2, 0.25) is 0 Å². The number of nitrogens with one attached hydrogen (secondary N) is 2. The van der Waals surface area contributed by atoms with Crippen molar-refractivity contribution >= 4 is 17.5 Å². The van der Waals surface area contributed by atoms with E-state index in [4.69, 9.17) is 0 Å². The molecule has 0 unspecified atom stereocenters. The van der Waals surface area contributed by atoms with Crippen molar-refractivity contribution in [2.24, 2.45) is 0 Å². The third kappa shape index (κ3) is 4.37. The first-order chi connectivity index (χ1) is 11.0. The van der Waals surface area contributed by atoms with Crippen molar-refractivity contribution < 1.29 is 19.1 Å². The normalized spacial score (nSPS) is 10.2. The highest BCUT2D eigenvalue weighted by atomic mass is 19.1. The Hall–Kier alpha value is -2.73. The van der Waals surface area contributed by atoms with E-state index in [1.165, 1.54) is 12.1 Å². The van der Waals surface area contributed by atoms with Gasteiger partial charge in [-0.1, -0.05) is 30.3 Å². The number of hydrogen-bond donors (Lipinski definition) is 3. The Labute approximate surface area is 133 Å². The number of benzene rings is 2. The van der Waals surface area contributed by atoms with Gasteiger partial charge in [0.1, 0.15) is 5.82 Å². The number of rotatable bonds is 4. The van der Waals surface area contributed by atoms with E-state index in [1.807, 2.05) is 0 Å². The lowest BCUT2D eigenvalue weighted by Gasteiger charge is -2.10. The van der Waals surface area contributed by atoms with Gasteiger partial charge in [0.25, 0.3) is 0 Å². The Morgan fingerprint density at radius 2 is 1.78 bits per heavy atom. The van der Waals surface area contributed by atoms with Crippen molar-refractivity contribution in [2.45, 2.75) is 20.1 Å². The molecule has 0 saturated carbocycles. The minimum absolute atomic E-state index is 0.0408. The number of aliphatic hydroxyl groups excluding tert-OH is 1. The second-order valence-corrected chi connectivity index (χ2v) is 5.05. The quantitative estimate of drug-likeness (QED) is 0.754. The van der Waals surface area contributed by atoms with Gasteiger partial charge >= 0.3 is 11.8 Å². The molecule has 0 atom stereocenters. The fraction of sp³-hybridized carbons (Fsp3) is 0.176. The molecule has 0 heterocycles.